The molecular weight excluding hydrogens is 1070 g/mol. The molecule has 0 spiro atoms. The third-order valence-electron chi connectivity index (χ3n) is 18.0. The highest BCUT2D eigenvalue weighted by Gasteiger charge is 2.44. The van der Waals surface area contributed by atoms with E-state index in [1.165, 1.54) is 61.4 Å². The van der Waals surface area contributed by atoms with Gasteiger partial charge in [-0.1, -0.05) is 217 Å². The number of anilines is 6. The number of hydrogen-bond donors (Lipinski definition) is 0. The van der Waals surface area contributed by atoms with Gasteiger partial charge in [0.25, 0.3) is 6.71 Å². The number of para-hydroxylation sites is 3. The molecule has 0 amide bonds. The summed E-state index contributed by atoms with van der Waals surface area (Å²) >= 11 is 0. The zero-order chi connectivity index (χ0) is 61.2. The molecule has 0 radical (unpaired) electrons. The Morgan fingerprint density at radius 1 is 0.352 bits per heavy atom. The van der Waals surface area contributed by atoms with Crippen molar-refractivity contribution in [2.45, 2.75) is 105 Å². The fourth-order valence-corrected chi connectivity index (χ4v) is 13.2. The Bertz CT molecular complexity index is 4540. The van der Waals surface area contributed by atoms with Crippen molar-refractivity contribution < 1.29 is 0 Å². The van der Waals surface area contributed by atoms with E-state index < -0.39 is 0 Å². The molecule has 7 nitrogen and oxygen atoms in total. The summed E-state index contributed by atoms with van der Waals surface area (Å²) in [7, 11) is 0. The standard InChI is InChI=1S/C80H72BN7/c1-77(2,3)55-43-56(78(4,5)6)46-60(45-55)87-69-33-23-20-30-65(69)81-66-31-21-24-34-70(66)88(61-47-57(79(7,8)9)44-58(48-61)80(10,11)12)72-42-53(41-71(87)73(72)81)52-35-38-68-64(40-52)63-29-19-22-32-67(63)86(68)59-36-37-62(54(39-59)49-82)76-84-74(50-25-15-13-16-26-50)83-75(85-76)51-27-17-14-18-28-51/h13-48H,1-12H3. The predicted molar refractivity (Wildman–Crippen MR) is 369 cm³/mol. The van der Waals surface area contributed by atoms with E-state index in [1.54, 1.807) is 0 Å². The quantitative estimate of drug-likeness (QED) is 0.148. The van der Waals surface area contributed by atoms with Crippen molar-refractivity contribution in [3.63, 3.8) is 0 Å². The zero-order valence-corrected chi connectivity index (χ0v) is 52.5. The molecule has 0 aliphatic carbocycles. The zero-order valence-electron chi connectivity index (χ0n) is 52.5. The summed E-state index contributed by atoms with van der Waals surface area (Å²) in [5.41, 5.74) is 23.7. The Kier molecular flexibility index (Phi) is 13.2. The minimum absolute atomic E-state index is 0.0354. The predicted octanol–water partition coefficient (Wildman–Crippen LogP) is 18.8. The highest BCUT2D eigenvalue weighted by Crippen LogP contribution is 2.49. The van der Waals surface area contributed by atoms with Crippen LogP contribution in [-0.2, 0) is 21.7 Å². The van der Waals surface area contributed by atoms with E-state index in [1.807, 2.05) is 72.8 Å². The van der Waals surface area contributed by atoms with Crippen LogP contribution in [0, 0.1) is 11.3 Å². The number of benzene rings is 10. The SMILES string of the molecule is CC(C)(C)c1cc(N2c3ccccc3B3c4ccccc4N(c4cc(C(C)(C)C)cc(C(C)(C)C)c4)c4cc(-c5ccc6c(c5)c5ccccc5n6-c5ccc(-c6nc(-c7ccccc7)nc(-c7ccccc7)n6)c(C#N)c5)cc2c43)cc(C(C)(C)C)c1. The smallest absolute Gasteiger partial charge is 0.252 e. The van der Waals surface area contributed by atoms with Crippen molar-refractivity contribution in [2.24, 2.45) is 0 Å². The van der Waals surface area contributed by atoms with Crippen molar-refractivity contribution in [2.75, 3.05) is 9.80 Å². The van der Waals surface area contributed by atoms with Crippen molar-refractivity contribution in [1.29, 1.82) is 5.26 Å². The van der Waals surface area contributed by atoms with Gasteiger partial charge in [-0.15, -0.1) is 0 Å². The molecule has 2 aliphatic heterocycles. The highest BCUT2D eigenvalue weighted by molar-refractivity contribution is 7.00. The fraction of sp³-hybridized carbons (Fsp3) is 0.200. The molecule has 2 aliphatic rings. The summed E-state index contributed by atoms with van der Waals surface area (Å²) in [6.45, 7) is 27.9. The van der Waals surface area contributed by atoms with E-state index in [0.717, 1.165) is 61.1 Å². The van der Waals surface area contributed by atoms with Gasteiger partial charge in [-0.3, -0.25) is 0 Å². The van der Waals surface area contributed by atoms with Gasteiger partial charge in [0.2, 0.25) is 0 Å². The number of aromatic nitrogens is 4. The van der Waals surface area contributed by atoms with Gasteiger partial charge >= 0.3 is 0 Å². The number of fused-ring (bicyclic) bond motifs is 7. The topological polar surface area (TPSA) is 73.9 Å². The van der Waals surface area contributed by atoms with Gasteiger partial charge in [0.1, 0.15) is 0 Å². The molecule has 0 bridgehead atoms. The number of nitrogens with zero attached hydrogens (tertiary/aromatic N) is 7. The molecule has 0 unspecified atom stereocenters. The van der Waals surface area contributed by atoms with Crippen LogP contribution in [0.4, 0.5) is 34.1 Å². The second-order valence-electron chi connectivity index (χ2n) is 28.2. The van der Waals surface area contributed by atoms with Crippen LogP contribution in [0.2, 0.25) is 0 Å². The number of hydrogen-bond acceptors (Lipinski definition) is 6. The lowest BCUT2D eigenvalue weighted by Gasteiger charge is -2.45. The van der Waals surface area contributed by atoms with Gasteiger partial charge in [0.05, 0.1) is 22.7 Å². The van der Waals surface area contributed by atoms with E-state index >= 15 is 0 Å². The molecule has 2 aromatic heterocycles. The van der Waals surface area contributed by atoms with Gasteiger partial charge in [-0.2, -0.15) is 5.26 Å². The molecule has 12 aromatic rings. The second-order valence-corrected chi connectivity index (χ2v) is 28.2. The van der Waals surface area contributed by atoms with E-state index in [-0.39, 0.29) is 28.4 Å². The van der Waals surface area contributed by atoms with Crippen LogP contribution in [-0.4, -0.2) is 26.2 Å². The van der Waals surface area contributed by atoms with Crippen LogP contribution in [0.3, 0.4) is 0 Å². The Hall–Kier alpha value is -9.84. The van der Waals surface area contributed by atoms with Crippen LogP contribution in [0.15, 0.2) is 218 Å². The molecule has 0 atom stereocenters. The molecule has 88 heavy (non-hydrogen) atoms. The van der Waals surface area contributed by atoms with Crippen molar-refractivity contribution in [1.82, 2.24) is 19.5 Å². The number of rotatable bonds is 7. The molecule has 430 valence electrons. The van der Waals surface area contributed by atoms with Gasteiger partial charge in [-0.25, -0.2) is 15.0 Å². The van der Waals surface area contributed by atoms with Crippen molar-refractivity contribution >= 4 is 79.0 Å². The molecule has 10 aromatic carbocycles. The van der Waals surface area contributed by atoms with Crippen LogP contribution >= 0.6 is 0 Å². The Labute approximate surface area is 518 Å². The van der Waals surface area contributed by atoms with Gasteiger partial charge in [0.15, 0.2) is 17.5 Å². The lowest BCUT2D eigenvalue weighted by atomic mass is 9.33. The molecular formula is C80H72BN7. The minimum Gasteiger partial charge on any atom is -0.311 e. The van der Waals surface area contributed by atoms with Gasteiger partial charge in [0, 0.05) is 67.3 Å². The monoisotopic (exact) mass is 1140 g/mol. The van der Waals surface area contributed by atoms with E-state index in [0.29, 0.717) is 28.6 Å². The molecule has 0 fully saturated rings. The first kappa shape index (κ1) is 56.0. The minimum atomic E-state index is -0.103. The van der Waals surface area contributed by atoms with Crippen LogP contribution < -0.4 is 26.2 Å². The first-order valence-corrected chi connectivity index (χ1v) is 30.8. The summed E-state index contributed by atoms with van der Waals surface area (Å²) in [5.74, 6) is 1.53. The van der Waals surface area contributed by atoms with Crippen molar-refractivity contribution in [3.8, 4) is 57.0 Å². The average Bonchev–Trinajstić information content (AvgIpc) is 0.792. The highest BCUT2D eigenvalue weighted by atomic mass is 15.2. The fourth-order valence-electron chi connectivity index (χ4n) is 13.2. The van der Waals surface area contributed by atoms with E-state index in [9.17, 15) is 5.26 Å². The summed E-state index contributed by atoms with van der Waals surface area (Å²) in [6, 6.07) is 81.9. The van der Waals surface area contributed by atoms with Crippen LogP contribution in [0.25, 0.3) is 72.8 Å². The summed E-state index contributed by atoms with van der Waals surface area (Å²) in [4.78, 5) is 20.1. The Morgan fingerprint density at radius 3 is 1.28 bits per heavy atom. The maximum absolute atomic E-state index is 11.1. The lowest BCUT2D eigenvalue weighted by molar-refractivity contribution is 0.568. The first-order chi connectivity index (χ1) is 42.1. The maximum Gasteiger partial charge on any atom is 0.252 e. The van der Waals surface area contributed by atoms with Crippen LogP contribution in [0.5, 0.6) is 0 Å². The largest absolute Gasteiger partial charge is 0.311 e. The molecule has 8 heteroatoms. The van der Waals surface area contributed by atoms with E-state index in [2.05, 4.69) is 249 Å². The Balaban J connectivity index is 1.000. The molecule has 0 saturated heterocycles. The number of nitriles is 1. The first-order valence-electron chi connectivity index (χ1n) is 30.8. The maximum atomic E-state index is 11.1. The molecule has 14 rings (SSSR count). The summed E-state index contributed by atoms with van der Waals surface area (Å²) in [5, 5.41) is 13.3. The normalized spacial score (nSPS) is 13.1. The molecule has 4 heterocycles. The second kappa shape index (κ2) is 20.7. The Morgan fingerprint density at radius 2 is 0.795 bits per heavy atom. The van der Waals surface area contributed by atoms with Gasteiger partial charge < -0.3 is 14.4 Å². The van der Waals surface area contributed by atoms with Crippen molar-refractivity contribution in [3.05, 3.63) is 246 Å². The third-order valence-corrected chi connectivity index (χ3v) is 18.0. The third kappa shape index (κ3) is 9.65. The molecule has 0 saturated carbocycles. The van der Waals surface area contributed by atoms with Gasteiger partial charge in [-0.05, 0) is 156 Å². The average molecular weight is 1140 g/mol. The van der Waals surface area contributed by atoms with Crippen LogP contribution in [0.1, 0.15) is 111 Å². The summed E-state index contributed by atoms with van der Waals surface area (Å²) in [6.07, 6.45) is 0. The van der Waals surface area contributed by atoms with E-state index in [4.69, 9.17) is 15.0 Å². The molecule has 0 N–H and O–H groups in total. The summed E-state index contributed by atoms with van der Waals surface area (Å²) < 4.78 is 2.29. The lowest BCUT2D eigenvalue weighted by Crippen LogP contribution is -2.61.